The lowest BCUT2D eigenvalue weighted by molar-refractivity contribution is -0.174. The summed E-state index contributed by atoms with van der Waals surface area (Å²) in [5, 5.41) is 23.4. The van der Waals surface area contributed by atoms with Gasteiger partial charge in [-0.05, 0) is 37.8 Å². The van der Waals surface area contributed by atoms with E-state index in [1.807, 2.05) is 12.1 Å². The molecule has 0 amide bonds. The van der Waals surface area contributed by atoms with E-state index in [-0.39, 0.29) is 0 Å². The number of aliphatic hydroxyl groups is 1. The smallest absolute Gasteiger partial charge is 0.335 e. The molecule has 1 saturated heterocycles. The molecule has 3 N–H and O–H groups in total. The highest BCUT2D eigenvalue weighted by Gasteiger charge is 2.45. The number of carboxylic acids is 1. The molecule has 1 unspecified atom stereocenters. The Labute approximate surface area is 166 Å². The van der Waals surface area contributed by atoms with Gasteiger partial charge in [0.15, 0.2) is 6.10 Å². The fraction of sp³-hybridized carbons (Fsp3) is 0.700. The fourth-order valence-corrected chi connectivity index (χ4v) is 4.46. The highest BCUT2D eigenvalue weighted by Crippen LogP contribution is 2.35. The van der Waals surface area contributed by atoms with E-state index in [9.17, 15) is 15.0 Å². The molecule has 8 nitrogen and oxygen atoms in total. The molecule has 156 valence electrons. The summed E-state index contributed by atoms with van der Waals surface area (Å²) in [5.41, 5.74) is -0.156. The number of anilines is 1. The third-order valence-electron chi connectivity index (χ3n) is 6.13. The Kier molecular flexibility index (Phi) is 7.23. The Morgan fingerprint density at radius 1 is 1.29 bits per heavy atom. The van der Waals surface area contributed by atoms with Crippen molar-refractivity contribution < 1.29 is 19.7 Å². The Morgan fingerprint density at radius 2 is 1.93 bits per heavy atom. The largest absolute Gasteiger partial charge is 0.479 e. The Balaban J connectivity index is 1.38. The van der Waals surface area contributed by atoms with E-state index < -0.39 is 17.7 Å². The van der Waals surface area contributed by atoms with E-state index in [4.69, 9.17) is 4.74 Å². The second-order valence-corrected chi connectivity index (χ2v) is 7.83. The monoisotopic (exact) mass is 392 g/mol. The molecule has 0 bridgehead atoms. The second kappa shape index (κ2) is 9.65. The number of aromatic nitrogens is 1. The van der Waals surface area contributed by atoms with Crippen LogP contribution in [0.2, 0.25) is 0 Å². The Morgan fingerprint density at radius 3 is 2.50 bits per heavy atom. The maximum Gasteiger partial charge on any atom is 0.335 e. The van der Waals surface area contributed by atoms with Crippen LogP contribution < -0.4 is 5.32 Å². The summed E-state index contributed by atoms with van der Waals surface area (Å²) in [6.45, 7) is 6.03. The molecule has 0 aromatic carbocycles. The molecule has 28 heavy (non-hydrogen) atoms. The lowest BCUT2D eigenvalue weighted by atomic mass is 9.78. The molecule has 0 spiro atoms. The summed E-state index contributed by atoms with van der Waals surface area (Å²) < 4.78 is 5.04. The lowest BCUT2D eigenvalue weighted by Gasteiger charge is -2.45. The van der Waals surface area contributed by atoms with Gasteiger partial charge in [-0.15, -0.1) is 0 Å². The van der Waals surface area contributed by atoms with Crippen molar-refractivity contribution in [1.29, 1.82) is 0 Å². The van der Waals surface area contributed by atoms with Gasteiger partial charge in [0.25, 0.3) is 0 Å². The third kappa shape index (κ3) is 5.20. The topological polar surface area (TPSA) is 98.2 Å². The zero-order valence-corrected chi connectivity index (χ0v) is 16.6. The quantitative estimate of drug-likeness (QED) is 0.600. The van der Waals surface area contributed by atoms with Crippen LogP contribution in [0.5, 0.6) is 0 Å². The van der Waals surface area contributed by atoms with Crippen LogP contribution in [0.25, 0.3) is 0 Å². The van der Waals surface area contributed by atoms with Crippen LogP contribution in [0.15, 0.2) is 24.5 Å². The van der Waals surface area contributed by atoms with Gasteiger partial charge in [-0.2, -0.15) is 0 Å². The van der Waals surface area contributed by atoms with Crippen LogP contribution >= 0.6 is 0 Å². The summed E-state index contributed by atoms with van der Waals surface area (Å²) in [4.78, 5) is 20.3. The molecule has 1 aliphatic heterocycles. The van der Waals surface area contributed by atoms with Crippen molar-refractivity contribution in [2.75, 3.05) is 51.7 Å². The van der Waals surface area contributed by atoms with E-state index >= 15 is 0 Å². The average molecular weight is 393 g/mol. The fourth-order valence-electron chi connectivity index (χ4n) is 4.46. The molecule has 0 radical (unpaired) electrons. The van der Waals surface area contributed by atoms with Gasteiger partial charge in [0.2, 0.25) is 0 Å². The van der Waals surface area contributed by atoms with Crippen molar-refractivity contribution in [2.45, 2.75) is 43.4 Å². The van der Waals surface area contributed by atoms with E-state index in [2.05, 4.69) is 20.1 Å². The molecule has 3 rings (SSSR count). The molecule has 2 heterocycles. The average Bonchev–Trinajstić information content (AvgIpc) is 2.70. The minimum atomic E-state index is -1.25. The zero-order chi connectivity index (χ0) is 20.0. The van der Waals surface area contributed by atoms with Gasteiger partial charge in [-0.3, -0.25) is 14.8 Å². The molecule has 1 saturated carbocycles. The number of nitrogens with zero attached hydrogens (tertiary/aromatic N) is 3. The second-order valence-electron chi connectivity index (χ2n) is 7.83. The maximum atomic E-state index is 11.3. The molecule has 1 aromatic rings. The van der Waals surface area contributed by atoms with Crippen molar-refractivity contribution >= 4 is 11.7 Å². The zero-order valence-electron chi connectivity index (χ0n) is 16.6. The summed E-state index contributed by atoms with van der Waals surface area (Å²) in [6.07, 6.45) is 5.01. The standard InChI is InChI=1S/C20H32N4O4/c1-28-18(19(25)26)20(27)6-2-17(3-7-20)24-14-12-23(13-15-24)11-10-22-16-4-8-21-9-5-16/h4-5,8-9,17-18,27H,2-3,6-7,10-15H2,1H3,(H,21,22)(H,25,26). The number of rotatable bonds is 8. The molecule has 8 heteroatoms. The summed E-state index contributed by atoms with van der Waals surface area (Å²) in [7, 11) is 1.35. The SMILES string of the molecule is COC(C(=O)O)C1(O)CCC(N2CCN(CCNc3ccncc3)CC2)CC1. The number of hydrogen-bond acceptors (Lipinski definition) is 7. The predicted molar refractivity (Wildman–Crippen MR) is 106 cm³/mol. The Bertz CT molecular complexity index is 614. The lowest BCUT2D eigenvalue weighted by Crippen LogP contribution is -2.56. The van der Waals surface area contributed by atoms with Crippen LogP contribution in [0.1, 0.15) is 25.7 Å². The summed E-state index contributed by atoms with van der Waals surface area (Å²) in [6, 6.07) is 4.37. The summed E-state index contributed by atoms with van der Waals surface area (Å²) >= 11 is 0. The minimum Gasteiger partial charge on any atom is -0.479 e. The first-order chi connectivity index (χ1) is 13.5. The van der Waals surface area contributed by atoms with Gasteiger partial charge < -0.3 is 20.3 Å². The number of carboxylic acid groups (broad SMARTS) is 1. The number of carbonyl (C=O) groups is 1. The summed E-state index contributed by atoms with van der Waals surface area (Å²) in [5.74, 6) is -1.09. The third-order valence-corrected chi connectivity index (χ3v) is 6.13. The molecular weight excluding hydrogens is 360 g/mol. The number of aliphatic carboxylic acids is 1. The normalized spacial score (nSPS) is 28.0. The highest BCUT2D eigenvalue weighted by atomic mass is 16.5. The van der Waals surface area contributed by atoms with Crippen LogP contribution in [-0.4, -0.2) is 95.1 Å². The van der Waals surface area contributed by atoms with Gasteiger partial charge in [0.05, 0.1) is 0 Å². The number of nitrogens with one attached hydrogen (secondary N) is 1. The number of hydrogen-bond donors (Lipinski definition) is 3. The highest BCUT2D eigenvalue weighted by molar-refractivity contribution is 5.74. The molecule has 1 aliphatic carbocycles. The Hall–Kier alpha value is -1.74. The van der Waals surface area contributed by atoms with Crippen molar-refractivity contribution in [3.05, 3.63) is 24.5 Å². The first-order valence-electron chi connectivity index (χ1n) is 10.1. The first kappa shape index (κ1) is 21.0. The van der Waals surface area contributed by atoms with Crippen molar-refractivity contribution in [3.8, 4) is 0 Å². The number of piperazine rings is 1. The van der Waals surface area contributed by atoms with Crippen molar-refractivity contribution in [3.63, 3.8) is 0 Å². The van der Waals surface area contributed by atoms with E-state index in [1.54, 1.807) is 12.4 Å². The van der Waals surface area contributed by atoms with Gasteiger partial charge in [-0.25, -0.2) is 4.79 Å². The van der Waals surface area contributed by atoms with E-state index in [0.29, 0.717) is 18.9 Å². The van der Waals surface area contributed by atoms with Crippen molar-refractivity contribution in [1.82, 2.24) is 14.8 Å². The molecule has 2 fully saturated rings. The predicted octanol–water partition coefficient (Wildman–Crippen LogP) is 0.884. The van der Waals surface area contributed by atoms with Crippen LogP contribution in [0.4, 0.5) is 5.69 Å². The van der Waals surface area contributed by atoms with E-state index in [1.165, 1.54) is 7.11 Å². The maximum absolute atomic E-state index is 11.3. The van der Waals surface area contributed by atoms with Gasteiger partial charge in [0.1, 0.15) is 5.60 Å². The van der Waals surface area contributed by atoms with E-state index in [0.717, 1.165) is 57.8 Å². The number of ether oxygens (including phenoxy) is 1. The molecule has 1 atom stereocenters. The minimum absolute atomic E-state index is 0.420. The van der Waals surface area contributed by atoms with Gasteiger partial charge in [-0.1, -0.05) is 0 Å². The van der Waals surface area contributed by atoms with Crippen molar-refractivity contribution in [2.24, 2.45) is 0 Å². The first-order valence-corrected chi connectivity index (χ1v) is 10.1. The molecule has 2 aliphatic rings. The number of methoxy groups -OCH3 is 1. The van der Waals surface area contributed by atoms with Crippen LogP contribution in [-0.2, 0) is 9.53 Å². The van der Waals surface area contributed by atoms with Gasteiger partial charge >= 0.3 is 5.97 Å². The molecular formula is C20H32N4O4. The molecule has 1 aromatic heterocycles. The van der Waals surface area contributed by atoms with Crippen LogP contribution in [0, 0.1) is 0 Å². The van der Waals surface area contributed by atoms with Gasteiger partial charge in [0, 0.05) is 70.5 Å². The number of pyridine rings is 1. The van der Waals surface area contributed by atoms with Crippen LogP contribution in [0.3, 0.4) is 0 Å².